The second-order valence-electron chi connectivity index (χ2n) is 3.68. The lowest BCUT2D eigenvalue weighted by atomic mass is 10.1. The maximum atomic E-state index is 10.5. The molecular formula is C11H14ClNO4. The van der Waals surface area contributed by atoms with Crippen molar-refractivity contribution in [2.75, 3.05) is 13.7 Å². The van der Waals surface area contributed by atoms with E-state index >= 15 is 0 Å². The lowest BCUT2D eigenvalue weighted by molar-refractivity contribution is -0.384. The third-order valence-electron chi connectivity index (χ3n) is 2.35. The minimum absolute atomic E-state index is 0.0313. The third kappa shape index (κ3) is 4.30. The van der Waals surface area contributed by atoms with Crippen LogP contribution in [-0.2, 0) is 11.2 Å². The number of aliphatic hydroxyl groups excluding tert-OH is 1. The predicted molar refractivity (Wildman–Crippen MR) is 64.3 cm³/mol. The summed E-state index contributed by atoms with van der Waals surface area (Å²) in [6.07, 6.45) is 0.512. The Morgan fingerprint density at radius 1 is 1.59 bits per heavy atom. The van der Waals surface area contributed by atoms with Crippen LogP contribution in [0.1, 0.15) is 12.0 Å². The first-order valence-electron chi connectivity index (χ1n) is 5.14. The normalized spacial score (nSPS) is 12.4. The molecule has 0 spiro atoms. The van der Waals surface area contributed by atoms with Gasteiger partial charge >= 0.3 is 0 Å². The number of aliphatic hydroxyl groups is 1. The molecule has 17 heavy (non-hydrogen) atoms. The van der Waals surface area contributed by atoms with Crippen molar-refractivity contribution in [1.82, 2.24) is 0 Å². The average molecular weight is 260 g/mol. The Morgan fingerprint density at radius 2 is 2.29 bits per heavy atom. The van der Waals surface area contributed by atoms with E-state index in [9.17, 15) is 15.2 Å². The molecule has 0 aliphatic carbocycles. The molecule has 1 unspecified atom stereocenters. The molecule has 94 valence electrons. The highest BCUT2D eigenvalue weighted by Crippen LogP contribution is 2.23. The van der Waals surface area contributed by atoms with Gasteiger partial charge in [0.2, 0.25) is 0 Å². The molecule has 0 heterocycles. The molecule has 1 rings (SSSR count). The van der Waals surface area contributed by atoms with Crippen LogP contribution in [0.25, 0.3) is 0 Å². The fraction of sp³-hybridized carbons (Fsp3) is 0.455. The van der Waals surface area contributed by atoms with E-state index in [1.807, 2.05) is 0 Å². The SMILES string of the molecule is COCC(O)CCc1ccc([N+](=O)[O-])cc1Cl. The lowest BCUT2D eigenvalue weighted by Gasteiger charge is -2.09. The number of nitrogens with zero attached hydrogens (tertiary/aromatic N) is 1. The highest BCUT2D eigenvalue weighted by atomic mass is 35.5. The van der Waals surface area contributed by atoms with Crippen molar-refractivity contribution in [2.24, 2.45) is 0 Å². The Morgan fingerprint density at radius 3 is 2.82 bits per heavy atom. The summed E-state index contributed by atoms with van der Waals surface area (Å²) in [4.78, 5) is 10.0. The van der Waals surface area contributed by atoms with E-state index in [0.717, 1.165) is 5.56 Å². The van der Waals surface area contributed by atoms with Crippen LogP contribution in [0.2, 0.25) is 5.02 Å². The maximum absolute atomic E-state index is 10.5. The van der Waals surface area contributed by atoms with Crippen molar-refractivity contribution < 1.29 is 14.8 Å². The van der Waals surface area contributed by atoms with E-state index in [-0.39, 0.29) is 12.3 Å². The van der Waals surface area contributed by atoms with Gasteiger partial charge in [-0.25, -0.2) is 0 Å². The van der Waals surface area contributed by atoms with Crippen molar-refractivity contribution in [1.29, 1.82) is 0 Å². The second-order valence-corrected chi connectivity index (χ2v) is 4.09. The molecule has 1 aromatic carbocycles. The monoisotopic (exact) mass is 259 g/mol. The van der Waals surface area contributed by atoms with E-state index in [4.69, 9.17) is 16.3 Å². The van der Waals surface area contributed by atoms with Gasteiger partial charge in [-0.2, -0.15) is 0 Å². The van der Waals surface area contributed by atoms with Crippen molar-refractivity contribution in [3.63, 3.8) is 0 Å². The average Bonchev–Trinajstić information content (AvgIpc) is 2.27. The number of ether oxygens (including phenoxy) is 1. The standard InChI is InChI=1S/C11H14ClNO4/c1-17-7-10(14)5-3-8-2-4-9(13(15)16)6-11(8)12/h2,4,6,10,14H,3,5,7H2,1H3. The van der Waals surface area contributed by atoms with E-state index < -0.39 is 11.0 Å². The van der Waals surface area contributed by atoms with Crippen LogP contribution in [0.3, 0.4) is 0 Å². The Labute approximate surface area is 104 Å². The number of rotatable bonds is 6. The summed E-state index contributed by atoms with van der Waals surface area (Å²) in [5, 5.41) is 20.3. The molecule has 1 aromatic rings. The number of halogens is 1. The van der Waals surface area contributed by atoms with Gasteiger partial charge in [-0.3, -0.25) is 10.1 Å². The number of benzene rings is 1. The smallest absolute Gasteiger partial charge is 0.270 e. The Kier molecular flexibility index (Phi) is 5.34. The zero-order valence-corrected chi connectivity index (χ0v) is 10.2. The minimum Gasteiger partial charge on any atom is -0.391 e. The van der Waals surface area contributed by atoms with Crippen LogP contribution in [0.4, 0.5) is 5.69 Å². The van der Waals surface area contributed by atoms with Gasteiger partial charge in [-0.15, -0.1) is 0 Å². The molecule has 0 amide bonds. The van der Waals surface area contributed by atoms with Gasteiger partial charge in [0, 0.05) is 19.2 Å². The molecule has 0 saturated carbocycles. The molecule has 6 heteroatoms. The largest absolute Gasteiger partial charge is 0.391 e. The Balaban J connectivity index is 2.63. The molecule has 1 N–H and O–H groups in total. The number of aryl methyl sites for hydroxylation is 1. The predicted octanol–water partition coefficient (Wildman–Crippen LogP) is 2.19. The topological polar surface area (TPSA) is 72.6 Å². The highest BCUT2D eigenvalue weighted by molar-refractivity contribution is 6.31. The summed E-state index contributed by atoms with van der Waals surface area (Å²) < 4.78 is 4.80. The van der Waals surface area contributed by atoms with Gasteiger partial charge in [-0.05, 0) is 18.4 Å². The molecular weight excluding hydrogens is 246 g/mol. The van der Waals surface area contributed by atoms with Gasteiger partial charge in [0.25, 0.3) is 5.69 Å². The first-order chi connectivity index (χ1) is 8.04. The van der Waals surface area contributed by atoms with Gasteiger partial charge in [0.1, 0.15) is 0 Å². The number of nitro benzene ring substituents is 1. The molecule has 0 radical (unpaired) electrons. The van der Waals surface area contributed by atoms with Gasteiger partial charge in [0.15, 0.2) is 0 Å². The minimum atomic E-state index is -0.550. The van der Waals surface area contributed by atoms with Crippen LogP contribution >= 0.6 is 11.6 Å². The Bertz CT molecular complexity index is 397. The van der Waals surface area contributed by atoms with Gasteiger partial charge < -0.3 is 9.84 Å². The summed E-state index contributed by atoms with van der Waals surface area (Å²) in [5.74, 6) is 0. The van der Waals surface area contributed by atoms with E-state index in [2.05, 4.69) is 0 Å². The summed E-state index contributed by atoms with van der Waals surface area (Å²) in [5.41, 5.74) is 0.753. The zero-order chi connectivity index (χ0) is 12.8. The molecule has 0 bridgehead atoms. The molecule has 0 saturated heterocycles. The molecule has 0 fully saturated rings. The molecule has 0 aromatic heterocycles. The quantitative estimate of drug-likeness (QED) is 0.628. The molecule has 5 nitrogen and oxygen atoms in total. The van der Waals surface area contributed by atoms with Crippen LogP contribution in [0.15, 0.2) is 18.2 Å². The second kappa shape index (κ2) is 6.54. The summed E-state index contributed by atoms with van der Waals surface area (Å²) in [6, 6.07) is 4.34. The van der Waals surface area contributed by atoms with E-state index in [0.29, 0.717) is 17.9 Å². The first kappa shape index (κ1) is 13.9. The van der Waals surface area contributed by atoms with Gasteiger partial charge in [-0.1, -0.05) is 17.7 Å². The maximum Gasteiger partial charge on any atom is 0.270 e. The fourth-order valence-corrected chi connectivity index (χ4v) is 1.72. The third-order valence-corrected chi connectivity index (χ3v) is 2.71. The van der Waals surface area contributed by atoms with Crippen LogP contribution < -0.4 is 0 Å². The summed E-state index contributed by atoms with van der Waals surface area (Å²) in [7, 11) is 1.52. The zero-order valence-electron chi connectivity index (χ0n) is 9.43. The lowest BCUT2D eigenvalue weighted by Crippen LogP contribution is -2.14. The first-order valence-corrected chi connectivity index (χ1v) is 5.52. The van der Waals surface area contributed by atoms with Crippen LogP contribution in [0, 0.1) is 10.1 Å². The van der Waals surface area contributed by atoms with Crippen molar-refractivity contribution >= 4 is 17.3 Å². The van der Waals surface area contributed by atoms with E-state index in [1.54, 1.807) is 6.07 Å². The number of hydrogen-bond donors (Lipinski definition) is 1. The Hall–Kier alpha value is -1.17. The van der Waals surface area contributed by atoms with Crippen LogP contribution in [0.5, 0.6) is 0 Å². The highest BCUT2D eigenvalue weighted by Gasteiger charge is 2.11. The fourth-order valence-electron chi connectivity index (χ4n) is 1.45. The molecule has 0 aliphatic heterocycles. The van der Waals surface area contributed by atoms with E-state index in [1.165, 1.54) is 19.2 Å². The summed E-state index contributed by atoms with van der Waals surface area (Å²) in [6.45, 7) is 0.268. The van der Waals surface area contributed by atoms with Crippen molar-refractivity contribution in [3.05, 3.63) is 38.9 Å². The van der Waals surface area contributed by atoms with Crippen molar-refractivity contribution in [3.8, 4) is 0 Å². The number of nitro groups is 1. The number of hydrogen-bond acceptors (Lipinski definition) is 4. The number of non-ortho nitro benzene ring substituents is 1. The molecule has 1 atom stereocenters. The summed E-state index contributed by atoms with van der Waals surface area (Å²) >= 11 is 5.92. The number of methoxy groups -OCH3 is 1. The van der Waals surface area contributed by atoms with Crippen LogP contribution in [-0.4, -0.2) is 29.9 Å². The van der Waals surface area contributed by atoms with Gasteiger partial charge in [0.05, 0.1) is 22.7 Å². The van der Waals surface area contributed by atoms with Crippen molar-refractivity contribution in [2.45, 2.75) is 18.9 Å². The molecule has 0 aliphatic rings.